The average Bonchev–Trinajstić information content (AvgIpc) is 2.84. The fraction of sp³-hybridized carbons (Fsp3) is 0.214. The number of benzene rings is 1. The highest BCUT2D eigenvalue weighted by molar-refractivity contribution is 5.94. The predicted octanol–water partition coefficient (Wildman–Crippen LogP) is 2.26. The van der Waals surface area contributed by atoms with E-state index in [0.29, 0.717) is 11.3 Å². The van der Waals surface area contributed by atoms with Crippen LogP contribution in [0.2, 0.25) is 0 Å². The first-order valence-corrected chi connectivity index (χ1v) is 5.93. The van der Waals surface area contributed by atoms with Gasteiger partial charge in [-0.2, -0.15) is 10.4 Å². The predicted molar refractivity (Wildman–Crippen MR) is 71.5 cm³/mol. The molecule has 1 amide bonds. The number of rotatable bonds is 3. The number of carbonyl (C=O) groups is 1. The van der Waals surface area contributed by atoms with Gasteiger partial charge >= 0.3 is 0 Å². The Labute approximate surface area is 111 Å². The third-order valence-electron chi connectivity index (χ3n) is 2.92. The molecule has 0 fully saturated rings. The third-order valence-corrected chi connectivity index (χ3v) is 2.92. The molecule has 2 aromatic rings. The fourth-order valence-electron chi connectivity index (χ4n) is 1.82. The van der Waals surface area contributed by atoms with Gasteiger partial charge in [0.05, 0.1) is 11.3 Å². The van der Waals surface area contributed by atoms with Crippen LogP contribution in [0.3, 0.4) is 0 Å². The molecule has 0 bridgehead atoms. The van der Waals surface area contributed by atoms with Crippen molar-refractivity contribution in [2.24, 2.45) is 0 Å². The van der Waals surface area contributed by atoms with Gasteiger partial charge in [-0.25, -0.2) is 0 Å². The van der Waals surface area contributed by atoms with Crippen LogP contribution in [0.25, 0.3) is 0 Å². The van der Waals surface area contributed by atoms with E-state index in [2.05, 4.69) is 10.4 Å². The zero-order valence-electron chi connectivity index (χ0n) is 10.8. The maximum atomic E-state index is 12.1. The van der Waals surface area contributed by atoms with Gasteiger partial charge in [-0.15, -0.1) is 0 Å². The SMILES string of the molecule is Cc1ccnn1C(C)C(=O)Nc1ccccc1C#N. The zero-order valence-corrected chi connectivity index (χ0v) is 10.8. The van der Waals surface area contributed by atoms with E-state index in [1.54, 1.807) is 42.1 Å². The molecule has 0 aliphatic rings. The molecule has 5 nitrogen and oxygen atoms in total. The van der Waals surface area contributed by atoms with Crippen LogP contribution in [-0.2, 0) is 4.79 Å². The molecule has 1 aromatic carbocycles. The zero-order chi connectivity index (χ0) is 13.8. The molecule has 1 unspecified atom stereocenters. The molecule has 0 saturated heterocycles. The maximum absolute atomic E-state index is 12.1. The Morgan fingerprint density at radius 3 is 2.79 bits per heavy atom. The number of para-hydroxylation sites is 1. The number of nitrogens with one attached hydrogen (secondary N) is 1. The minimum Gasteiger partial charge on any atom is -0.323 e. The molecule has 0 aliphatic heterocycles. The molecule has 1 heterocycles. The van der Waals surface area contributed by atoms with Crippen molar-refractivity contribution in [3.8, 4) is 6.07 Å². The number of hydrogen-bond acceptors (Lipinski definition) is 3. The first-order valence-electron chi connectivity index (χ1n) is 5.93. The molecule has 1 N–H and O–H groups in total. The number of aromatic nitrogens is 2. The lowest BCUT2D eigenvalue weighted by Crippen LogP contribution is -2.25. The lowest BCUT2D eigenvalue weighted by Gasteiger charge is -2.15. The second-order valence-corrected chi connectivity index (χ2v) is 4.24. The lowest BCUT2D eigenvalue weighted by atomic mass is 10.2. The molecule has 0 radical (unpaired) electrons. The van der Waals surface area contributed by atoms with Crippen LogP contribution in [0.4, 0.5) is 5.69 Å². The van der Waals surface area contributed by atoms with Crippen LogP contribution in [0.5, 0.6) is 0 Å². The van der Waals surface area contributed by atoms with Gasteiger partial charge < -0.3 is 5.32 Å². The summed E-state index contributed by atoms with van der Waals surface area (Å²) in [4.78, 5) is 12.1. The Kier molecular flexibility index (Phi) is 3.62. The van der Waals surface area contributed by atoms with E-state index in [-0.39, 0.29) is 5.91 Å². The minimum absolute atomic E-state index is 0.200. The Balaban J connectivity index is 2.18. The summed E-state index contributed by atoms with van der Waals surface area (Å²) in [5.41, 5.74) is 1.88. The molecule has 1 aromatic heterocycles. The van der Waals surface area contributed by atoms with E-state index in [9.17, 15) is 4.79 Å². The molecule has 1 atom stereocenters. The van der Waals surface area contributed by atoms with E-state index in [1.165, 1.54) is 0 Å². The molecule has 0 aliphatic carbocycles. The van der Waals surface area contributed by atoms with Crippen LogP contribution < -0.4 is 5.32 Å². The Morgan fingerprint density at radius 2 is 2.16 bits per heavy atom. The van der Waals surface area contributed by atoms with E-state index in [1.807, 2.05) is 19.1 Å². The van der Waals surface area contributed by atoms with Crippen LogP contribution in [0.15, 0.2) is 36.5 Å². The highest BCUT2D eigenvalue weighted by Crippen LogP contribution is 2.16. The molecule has 0 spiro atoms. The number of amides is 1. The van der Waals surface area contributed by atoms with Gasteiger partial charge in [0.25, 0.3) is 0 Å². The maximum Gasteiger partial charge on any atom is 0.248 e. The number of nitrogens with zero attached hydrogens (tertiary/aromatic N) is 3. The third kappa shape index (κ3) is 2.63. The van der Waals surface area contributed by atoms with Crippen molar-refractivity contribution < 1.29 is 4.79 Å². The molecule has 2 rings (SSSR count). The van der Waals surface area contributed by atoms with Crippen LogP contribution in [0, 0.1) is 18.3 Å². The van der Waals surface area contributed by atoms with Crippen molar-refractivity contribution in [1.82, 2.24) is 9.78 Å². The van der Waals surface area contributed by atoms with E-state index in [4.69, 9.17) is 5.26 Å². The standard InChI is InChI=1S/C14H14N4O/c1-10-7-8-16-18(10)11(2)14(19)17-13-6-4-3-5-12(13)9-15/h3-8,11H,1-2H3,(H,17,19). The molecule has 0 saturated carbocycles. The minimum atomic E-state index is -0.429. The van der Waals surface area contributed by atoms with Crippen LogP contribution in [-0.4, -0.2) is 15.7 Å². The number of aryl methyl sites for hydroxylation is 1. The summed E-state index contributed by atoms with van der Waals surface area (Å²) in [6.07, 6.45) is 1.66. The van der Waals surface area contributed by atoms with Gasteiger partial charge in [0, 0.05) is 11.9 Å². The number of hydrogen-bond donors (Lipinski definition) is 1. The first kappa shape index (κ1) is 12.8. The van der Waals surface area contributed by atoms with Gasteiger partial charge in [-0.05, 0) is 32.0 Å². The summed E-state index contributed by atoms with van der Waals surface area (Å²) < 4.78 is 1.64. The number of nitriles is 1. The topological polar surface area (TPSA) is 70.7 Å². The van der Waals surface area contributed by atoms with E-state index >= 15 is 0 Å². The quantitative estimate of drug-likeness (QED) is 0.913. The Morgan fingerprint density at radius 1 is 1.42 bits per heavy atom. The molecule has 5 heteroatoms. The Bertz CT molecular complexity index is 639. The molecular formula is C14H14N4O. The van der Waals surface area contributed by atoms with Gasteiger partial charge in [0.2, 0.25) is 5.91 Å². The molecule has 96 valence electrons. The van der Waals surface area contributed by atoms with E-state index < -0.39 is 6.04 Å². The first-order chi connectivity index (χ1) is 9.13. The van der Waals surface area contributed by atoms with E-state index in [0.717, 1.165) is 5.69 Å². The van der Waals surface area contributed by atoms with Crippen molar-refractivity contribution in [2.45, 2.75) is 19.9 Å². The summed E-state index contributed by atoms with van der Waals surface area (Å²) in [7, 11) is 0. The summed E-state index contributed by atoms with van der Waals surface area (Å²) in [6.45, 7) is 3.66. The van der Waals surface area contributed by atoms with Crippen molar-refractivity contribution in [3.05, 3.63) is 47.8 Å². The Hall–Kier alpha value is -2.61. The van der Waals surface area contributed by atoms with Gasteiger partial charge in [0.15, 0.2) is 0 Å². The monoisotopic (exact) mass is 254 g/mol. The summed E-state index contributed by atoms with van der Waals surface area (Å²) in [5, 5.41) is 15.8. The second-order valence-electron chi connectivity index (χ2n) is 4.24. The number of carbonyl (C=O) groups excluding carboxylic acids is 1. The molecule has 19 heavy (non-hydrogen) atoms. The average molecular weight is 254 g/mol. The fourth-order valence-corrected chi connectivity index (χ4v) is 1.82. The smallest absolute Gasteiger partial charge is 0.248 e. The van der Waals surface area contributed by atoms with Crippen molar-refractivity contribution >= 4 is 11.6 Å². The summed E-state index contributed by atoms with van der Waals surface area (Å²) >= 11 is 0. The van der Waals surface area contributed by atoms with Gasteiger partial charge in [0.1, 0.15) is 12.1 Å². The highest BCUT2D eigenvalue weighted by Gasteiger charge is 2.17. The van der Waals surface area contributed by atoms with Crippen molar-refractivity contribution in [3.63, 3.8) is 0 Å². The molecular weight excluding hydrogens is 240 g/mol. The summed E-state index contributed by atoms with van der Waals surface area (Å²) in [5.74, 6) is -0.200. The van der Waals surface area contributed by atoms with Crippen molar-refractivity contribution in [2.75, 3.05) is 5.32 Å². The van der Waals surface area contributed by atoms with Gasteiger partial charge in [-0.3, -0.25) is 9.48 Å². The highest BCUT2D eigenvalue weighted by atomic mass is 16.2. The van der Waals surface area contributed by atoms with Crippen LogP contribution in [0.1, 0.15) is 24.2 Å². The largest absolute Gasteiger partial charge is 0.323 e. The lowest BCUT2D eigenvalue weighted by molar-refractivity contribution is -0.119. The van der Waals surface area contributed by atoms with Crippen LogP contribution >= 0.6 is 0 Å². The summed E-state index contributed by atoms with van der Waals surface area (Å²) in [6, 6.07) is 10.4. The second kappa shape index (κ2) is 5.36. The normalized spacial score (nSPS) is 11.6. The van der Waals surface area contributed by atoms with Gasteiger partial charge in [-0.1, -0.05) is 12.1 Å². The number of anilines is 1. The van der Waals surface area contributed by atoms with Crippen molar-refractivity contribution in [1.29, 1.82) is 5.26 Å².